The van der Waals surface area contributed by atoms with Crippen molar-refractivity contribution >= 4 is 0 Å². The molecule has 2 aromatic carbocycles. The summed E-state index contributed by atoms with van der Waals surface area (Å²) in [4.78, 5) is 2.52. The van der Waals surface area contributed by atoms with E-state index in [2.05, 4.69) is 60.4 Å². The van der Waals surface area contributed by atoms with Crippen LogP contribution >= 0.6 is 0 Å². The Hall–Kier alpha value is -1.64. The lowest BCUT2D eigenvalue weighted by molar-refractivity contribution is 0.190. The smallest absolute Gasteiger partial charge is 0.0445 e. The highest BCUT2D eigenvalue weighted by Gasteiger charge is 2.23. The van der Waals surface area contributed by atoms with E-state index in [-0.39, 0.29) is 0 Å². The van der Waals surface area contributed by atoms with Gasteiger partial charge in [0.25, 0.3) is 0 Å². The van der Waals surface area contributed by atoms with E-state index >= 15 is 0 Å². The first-order valence-electron chi connectivity index (χ1n) is 8.28. The highest BCUT2D eigenvalue weighted by Crippen LogP contribution is 2.26. The van der Waals surface area contributed by atoms with Crippen LogP contribution in [0.2, 0.25) is 0 Å². The summed E-state index contributed by atoms with van der Waals surface area (Å²) in [6.45, 7) is 4.60. The van der Waals surface area contributed by atoms with Crippen molar-refractivity contribution in [3.63, 3.8) is 0 Å². The molecule has 1 heterocycles. The molecule has 2 aromatic rings. The highest BCUT2D eigenvalue weighted by atomic mass is 16.3. The molecule has 116 valence electrons. The molecule has 1 saturated heterocycles. The Kier molecular flexibility index (Phi) is 4.91. The van der Waals surface area contributed by atoms with Gasteiger partial charge in [0, 0.05) is 19.2 Å². The summed E-state index contributed by atoms with van der Waals surface area (Å²) in [6, 6.07) is 18.0. The Labute approximate surface area is 133 Å². The third-order valence-electron chi connectivity index (χ3n) is 4.73. The fraction of sp³-hybridized carbons (Fsp3) is 0.400. The van der Waals surface area contributed by atoms with E-state index in [1.54, 1.807) is 0 Å². The Morgan fingerprint density at radius 2 is 2.00 bits per heavy atom. The molecular weight excluding hydrogens is 270 g/mol. The molecule has 0 radical (unpaired) electrons. The molecule has 0 saturated carbocycles. The van der Waals surface area contributed by atoms with Gasteiger partial charge in [0.1, 0.15) is 0 Å². The van der Waals surface area contributed by atoms with Gasteiger partial charge in [-0.2, -0.15) is 0 Å². The number of hydrogen-bond donors (Lipinski definition) is 1. The van der Waals surface area contributed by atoms with Crippen molar-refractivity contribution in [3.8, 4) is 11.1 Å². The maximum Gasteiger partial charge on any atom is 0.0445 e. The summed E-state index contributed by atoms with van der Waals surface area (Å²) < 4.78 is 0. The zero-order chi connectivity index (χ0) is 15.4. The van der Waals surface area contributed by atoms with Gasteiger partial charge in [0.05, 0.1) is 0 Å². The lowest BCUT2D eigenvalue weighted by Gasteiger charge is -2.24. The summed E-state index contributed by atoms with van der Waals surface area (Å²) in [7, 11) is 0. The largest absolute Gasteiger partial charge is 0.396 e. The quantitative estimate of drug-likeness (QED) is 0.901. The third kappa shape index (κ3) is 3.40. The van der Waals surface area contributed by atoms with E-state index in [4.69, 9.17) is 0 Å². The normalized spacial score (nSPS) is 18.7. The molecular formula is C20H25NO. The Balaban J connectivity index is 1.78. The molecule has 1 aliphatic rings. The minimum atomic E-state index is 0.296. The number of aliphatic hydroxyl groups excluding tert-OH is 1. The fourth-order valence-corrected chi connectivity index (χ4v) is 3.55. The second kappa shape index (κ2) is 7.08. The Morgan fingerprint density at radius 3 is 2.82 bits per heavy atom. The van der Waals surface area contributed by atoms with E-state index < -0.39 is 0 Å². The average molecular weight is 295 g/mol. The number of aryl methyl sites for hydroxylation is 1. The van der Waals surface area contributed by atoms with Crippen LogP contribution in [0.5, 0.6) is 0 Å². The maximum absolute atomic E-state index is 9.21. The van der Waals surface area contributed by atoms with Gasteiger partial charge >= 0.3 is 0 Å². The van der Waals surface area contributed by atoms with Crippen molar-refractivity contribution in [1.29, 1.82) is 0 Å². The summed E-state index contributed by atoms with van der Waals surface area (Å²) >= 11 is 0. The van der Waals surface area contributed by atoms with Crippen LogP contribution in [0.25, 0.3) is 11.1 Å². The van der Waals surface area contributed by atoms with Crippen LogP contribution in [-0.2, 0) is 6.54 Å². The molecule has 22 heavy (non-hydrogen) atoms. The Bertz CT molecular complexity index is 623. The summed E-state index contributed by atoms with van der Waals surface area (Å²) in [5.41, 5.74) is 5.30. The van der Waals surface area contributed by atoms with Gasteiger partial charge in [-0.15, -0.1) is 0 Å². The zero-order valence-electron chi connectivity index (χ0n) is 13.3. The van der Waals surface area contributed by atoms with Gasteiger partial charge in [0.15, 0.2) is 0 Å². The summed E-state index contributed by atoms with van der Waals surface area (Å²) in [5.74, 6) is 0. The maximum atomic E-state index is 9.21. The van der Waals surface area contributed by atoms with Crippen LogP contribution in [-0.4, -0.2) is 29.2 Å². The average Bonchev–Trinajstić information content (AvgIpc) is 2.96. The first-order chi connectivity index (χ1) is 10.8. The van der Waals surface area contributed by atoms with Gasteiger partial charge in [0.2, 0.25) is 0 Å². The predicted octanol–water partition coefficient (Wildman–Crippen LogP) is 4.01. The summed E-state index contributed by atoms with van der Waals surface area (Å²) in [5, 5.41) is 9.21. The molecule has 1 aliphatic heterocycles. The molecule has 3 rings (SSSR count). The highest BCUT2D eigenvalue weighted by molar-refractivity contribution is 5.67. The number of rotatable bonds is 5. The van der Waals surface area contributed by atoms with E-state index in [1.807, 2.05) is 0 Å². The molecule has 1 atom stereocenters. The van der Waals surface area contributed by atoms with Gasteiger partial charge in [-0.3, -0.25) is 4.90 Å². The lowest BCUT2D eigenvalue weighted by Crippen LogP contribution is -2.29. The minimum Gasteiger partial charge on any atom is -0.396 e. The van der Waals surface area contributed by atoms with Crippen molar-refractivity contribution in [2.75, 3.05) is 13.2 Å². The number of likely N-dealkylation sites (tertiary alicyclic amines) is 1. The second-order valence-electron chi connectivity index (χ2n) is 6.29. The minimum absolute atomic E-state index is 0.296. The fourth-order valence-electron chi connectivity index (χ4n) is 3.55. The molecule has 0 amide bonds. The van der Waals surface area contributed by atoms with Gasteiger partial charge < -0.3 is 5.11 Å². The lowest BCUT2D eigenvalue weighted by atomic mass is 9.99. The van der Waals surface area contributed by atoms with E-state index in [0.29, 0.717) is 12.6 Å². The molecule has 1 N–H and O–H groups in total. The molecule has 1 fully saturated rings. The third-order valence-corrected chi connectivity index (χ3v) is 4.73. The van der Waals surface area contributed by atoms with Crippen molar-refractivity contribution in [2.24, 2.45) is 0 Å². The number of benzene rings is 2. The summed E-state index contributed by atoms with van der Waals surface area (Å²) in [6.07, 6.45) is 3.37. The van der Waals surface area contributed by atoms with Crippen molar-refractivity contribution in [2.45, 2.75) is 38.8 Å². The molecule has 0 spiro atoms. The van der Waals surface area contributed by atoms with Crippen molar-refractivity contribution in [1.82, 2.24) is 4.90 Å². The van der Waals surface area contributed by atoms with Crippen LogP contribution in [0.1, 0.15) is 30.4 Å². The molecule has 2 heteroatoms. The number of hydrogen-bond acceptors (Lipinski definition) is 2. The molecule has 0 aliphatic carbocycles. The zero-order valence-corrected chi connectivity index (χ0v) is 13.3. The van der Waals surface area contributed by atoms with E-state index in [1.165, 1.54) is 35.1 Å². The van der Waals surface area contributed by atoms with Crippen molar-refractivity contribution < 1.29 is 5.11 Å². The number of nitrogens with zero attached hydrogens (tertiary/aromatic N) is 1. The molecule has 0 bridgehead atoms. The van der Waals surface area contributed by atoms with E-state index in [0.717, 1.165) is 19.5 Å². The first kappa shape index (κ1) is 15.3. The van der Waals surface area contributed by atoms with Crippen LogP contribution in [0, 0.1) is 6.92 Å². The first-order valence-corrected chi connectivity index (χ1v) is 8.28. The van der Waals surface area contributed by atoms with Crippen LogP contribution in [0.4, 0.5) is 0 Å². The Morgan fingerprint density at radius 1 is 1.14 bits per heavy atom. The van der Waals surface area contributed by atoms with Crippen LogP contribution < -0.4 is 0 Å². The SMILES string of the molecule is Cc1ccccc1-c1cccc(CN2CCCC2CCO)c1. The van der Waals surface area contributed by atoms with E-state index in [9.17, 15) is 5.11 Å². The van der Waals surface area contributed by atoms with Gasteiger partial charge in [-0.05, 0) is 61.1 Å². The monoisotopic (exact) mass is 295 g/mol. The standard InChI is InChI=1S/C20H25NO/c1-16-6-2-3-10-20(16)18-8-4-7-17(14-18)15-21-12-5-9-19(21)11-13-22/h2-4,6-8,10,14,19,22H,5,9,11-13,15H2,1H3. The van der Waals surface area contributed by atoms with Gasteiger partial charge in [-0.25, -0.2) is 0 Å². The topological polar surface area (TPSA) is 23.5 Å². The molecule has 0 aromatic heterocycles. The molecule has 2 nitrogen and oxygen atoms in total. The molecule has 1 unspecified atom stereocenters. The number of aliphatic hydroxyl groups is 1. The van der Waals surface area contributed by atoms with Crippen LogP contribution in [0.15, 0.2) is 48.5 Å². The van der Waals surface area contributed by atoms with Crippen LogP contribution in [0.3, 0.4) is 0 Å². The van der Waals surface area contributed by atoms with Crippen molar-refractivity contribution in [3.05, 3.63) is 59.7 Å². The van der Waals surface area contributed by atoms with Gasteiger partial charge in [-0.1, -0.05) is 42.5 Å². The second-order valence-corrected chi connectivity index (χ2v) is 6.29. The predicted molar refractivity (Wildman–Crippen MR) is 91.7 cm³/mol.